The molecule has 0 saturated heterocycles. The lowest BCUT2D eigenvalue weighted by molar-refractivity contribution is -0.144. The summed E-state index contributed by atoms with van der Waals surface area (Å²) in [7, 11) is -6.43. The van der Waals surface area contributed by atoms with Crippen LogP contribution in [0.2, 0.25) is 51.9 Å². The van der Waals surface area contributed by atoms with Gasteiger partial charge in [0.1, 0.15) is 39.6 Å². The summed E-state index contributed by atoms with van der Waals surface area (Å²) < 4.78 is 68.7. The predicted octanol–water partition coefficient (Wildman–Crippen LogP) is 13.4. The molecule has 0 bridgehead atoms. The van der Waals surface area contributed by atoms with Gasteiger partial charge in [0.15, 0.2) is 16.6 Å². The number of nitrogens with one attached hydrogen (secondary N) is 6. The Kier molecular flexibility index (Phi) is 36.5. The minimum absolute atomic E-state index is 0.0810. The second kappa shape index (κ2) is 41.2. The Labute approximate surface area is 617 Å². The van der Waals surface area contributed by atoms with Gasteiger partial charge >= 0.3 is 63.0 Å². The molecule has 0 heterocycles. The number of rotatable bonds is 42. The Morgan fingerprint density at radius 3 is 1.13 bits per heavy atom. The topological polar surface area (TPSA) is 337 Å². The van der Waals surface area contributed by atoms with Crippen LogP contribution in [-0.4, -0.2) is 190 Å². The number of unbranched alkanes of at least 4 members (excludes halogenated alkanes) is 2. The van der Waals surface area contributed by atoms with Gasteiger partial charge < -0.3 is 87.5 Å². The molecule has 0 radical (unpaired) electrons. The molecule has 3 saturated carbocycles. The molecular formula is C73H132N6O21Si3. The zero-order valence-electron chi connectivity index (χ0n) is 66.1. The normalized spacial score (nSPS) is 22.7. The first-order valence-electron chi connectivity index (χ1n) is 36.9. The fourth-order valence-electron chi connectivity index (χ4n) is 15.3. The van der Waals surface area contributed by atoms with Gasteiger partial charge in [-0.2, -0.15) is 0 Å². The molecular weight excluding hydrogens is 1380 g/mol. The Balaban J connectivity index is 1.47. The largest absolute Gasteiger partial charge is 0.466 e. The number of carbonyl (C=O) groups is 9. The summed E-state index contributed by atoms with van der Waals surface area (Å²) >= 11 is 0. The number of alkyl carbamates (subject to hydrolysis) is 6. The molecule has 7 unspecified atom stereocenters. The number of amides is 6. The van der Waals surface area contributed by atoms with Crippen molar-refractivity contribution >= 4 is 79.7 Å². The molecule has 3 rings (SSSR count). The van der Waals surface area contributed by atoms with Crippen molar-refractivity contribution in [2.75, 3.05) is 92.3 Å². The summed E-state index contributed by atoms with van der Waals surface area (Å²) in [6.07, 6.45) is 5.52. The SMILES string of the molecule is C=C(C)C(=O)OCCOC(=O)NCC1(C)CC(NC(=O)OCC(CC)(COCCC[Si](C)(O[Si](C)(C)C)O[Si](C)(C)C)COC(=O)NCC2(C)CC(NC(=O)OCCCCC(=O)OCCCCOC(=O)NCC3(C)CC(NC(=O)OCCOC(=O)C(=C)C)CC(C)(C)C3)CC(C)(C)C2)CC(C)(C)C1. The predicted molar refractivity (Wildman–Crippen MR) is 399 cm³/mol. The zero-order valence-corrected chi connectivity index (χ0v) is 69.1. The maximum Gasteiger partial charge on any atom is 0.407 e. The van der Waals surface area contributed by atoms with E-state index < -0.39 is 89.9 Å². The fourth-order valence-corrected chi connectivity index (χ4v) is 27.8. The third-order valence-electron chi connectivity index (χ3n) is 18.3. The van der Waals surface area contributed by atoms with Crippen molar-refractivity contribution in [1.29, 1.82) is 0 Å². The van der Waals surface area contributed by atoms with Crippen LogP contribution in [0.25, 0.3) is 0 Å². The van der Waals surface area contributed by atoms with E-state index in [-0.39, 0.29) is 142 Å². The quantitative estimate of drug-likeness (QED) is 0.0109. The van der Waals surface area contributed by atoms with Crippen molar-refractivity contribution < 1.29 is 98.7 Å². The molecule has 3 aliphatic rings. The van der Waals surface area contributed by atoms with Crippen molar-refractivity contribution in [3.8, 4) is 0 Å². The minimum Gasteiger partial charge on any atom is -0.466 e. The number of ether oxygens (including phenoxy) is 10. The van der Waals surface area contributed by atoms with E-state index in [1.165, 1.54) is 13.8 Å². The van der Waals surface area contributed by atoms with Gasteiger partial charge in [-0.25, -0.2) is 38.4 Å². The van der Waals surface area contributed by atoms with Crippen LogP contribution in [0.4, 0.5) is 28.8 Å². The Morgan fingerprint density at radius 2 is 0.738 bits per heavy atom. The second-order valence-electron chi connectivity index (χ2n) is 34.7. The summed E-state index contributed by atoms with van der Waals surface area (Å²) in [5, 5.41) is 17.8. The molecule has 103 heavy (non-hydrogen) atoms. The highest BCUT2D eigenvalue weighted by atomic mass is 28.5. The van der Waals surface area contributed by atoms with Crippen molar-refractivity contribution in [2.45, 2.75) is 256 Å². The molecule has 6 amide bonds. The molecule has 6 N–H and O–H groups in total. The molecule has 0 aromatic rings. The Hall–Kier alpha value is -5.96. The van der Waals surface area contributed by atoms with E-state index in [0.717, 1.165) is 31.7 Å². The molecule has 3 aliphatic carbocycles. The van der Waals surface area contributed by atoms with Gasteiger partial charge in [-0.15, -0.1) is 0 Å². The van der Waals surface area contributed by atoms with Crippen molar-refractivity contribution in [1.82, 2.24) is 31.9 Å². The van der Waals surface area contributed by atoms with Crippen LogP contribution in [-0.2, 0) is 70.0 Å². The van der Waals surface area contributed by atoms with E-state index >= 15 is 0 Å². The van der Waals surface area contributed by atoms with E-state index in [0.29, 0.717) is 83.8 Å². The van der Waals surface area contributed by atoms with Gasteiger partial charge in [0, 0.05) is 61.9 Å². The summed E-state index contributed by atoms with van der Waals surface area (Å²) in [6, 6.07) is -0.0166. The monoisotopic (exact) mass is 1510 g/mol. The van der Waals surface area contributed by atoms with E-state index in [9.17, 15) is 43.2 Å². The van der Waals surface area contributed by atoms with E-state index in [4.69, 9.17) is 55.6 Å². The minimum atomic E-state index is -2.55. The van der Waals surface area contributed by atoms with Crippen LogP contribution < -0.4 is 31.9 Å². The van der Waals surface area contributed by atoms with Crippen LogP contribution in [0, 0.1) is 37.9 Å². The number of hydrogen-bond donors (Lipinski definition) is 6. The second-order valence-corrected chi connectivity index (χ2v) is 47.6. The Morgan fingerprint density at radius 1 is 0.408 bits per heavy atom. The first-order chi connectivity index (χ1) is 47.6. The first-order valence-corrected chi connectivity index (χ1v) is 46.2. The van der Waals surface area contributed by atoms with Gasteiger partial charge in [-0.05, 0) is 195 Å². The van der Waals surface area contributed by atoms with Gasteiger partial charge in [0.2, 0.25) is 0 Å². The number of hydrogen-bond acceptors (Lipinski definition) is 21. The standard InChI is InChI=1S/C73H132N6O21Si3/c1-22-73(50-89-29-27-37-103(21,99-101(15,16)17)100-102(18,19)20,52-98-66(88)79-57-40-69(10,11)45-71(13,43-57)48-75-62(84)95-35-33-91-59(81)53(2)3)51-97-63(85)76-49-72(14)41-55(38-67(6,7)46-72)77-64(86)94-31-24-23-28-58(80)90-30-25-26-32-93-61(83)74-47-70(12)42-56(39-68(8,9)44-70)78-65(87)96-36-34-92-60(82)54(4)5/h55-57H,2,4,22-52H2,1,3,5-21H3,(H,74,83)(H,75,84)(H,76,85)(H,77,86)(H,78,87)(H,79,88). The van der Waals surface area contributed by atoms with E-state index in [1.54, 1.807) is 0 Å². The lowest BCUT2D eigenvalue weighted by atomic mass is 9.62. The maximum absolute atomic E-state index is 13.9. The molecule has 27 nitrogen and oxygen atoms in total. The van der Waals surface area contributed by atoms with Crippen molar-refractivity contribution in [3.05, 3.63) is 24.3 Å². The molecule has 0 spiro atoms. The summed E-state index contributed by atoms with van der Waals surface area (Å²) in [5.41, 5.74) is -2.18. The van der Waals surface area contributed by atoms with E-state index in [1.807, 2.05) is 6.92 Å². The molecule has 0 aliphatic heterocycles. The van der Waals surface area contributed by atoms with Crippen LogP contribution >= 0.6 is 0 Å². The highest BCUT2D eigenvalue weighted by molar-refractivity contribution is 6.87. The van der Waals surface area contributed by atoms with Crippen molar-refractivity contribution in [3.63, 3.8) is 0 Å². The van der Waals surface area contributed by atoms with E-state index in [2.05, 4.69) is 153 Å². The maximum atomic E-state index is 13.9. The third kappa shape index (κ3) is 38.8. The lowest BCUT2D eigenvalue weighted by Crippen LogP contribution is -2.52. The average Bonchev–Trinajstić information content (AvgIpc) is 0.811. The van der Waals surface area contributed by atoms with Crippen LogP contribution in [0.3, 0.4) is 0 Å². The third-order valence-corrected chi connectivity index (χ3v) is 27.9. The number of esters is 3. The molecule has 3 fully saturated rings. The van der Waals surface area contributed by atoms with Crippen LogP contribution in [0.5, 0.6) is 0 Å². The van der Waals surface area contributed by atoms with Gasteiger partial charge in [-0.3, -0.25) is 4.79 Å². The van der Waals surface area contributed by atoms with Crippen LogP contribution in [0.1, 0.15) is 186 Å². The first kappa shape index (κ1) is 91.3. The summed E-state index contributed by atoms with van der Waals surface area (Å²) in [4.78, 5) is 115. The highest BCUT2D eigenvalue weighted by Crippen LogP contribution is 2.48. The van der Waals surface area contributed by atoms with Gasteiger partial charge in [0.25, 0.3) is 0 Å². The van der Waals surface area contributed by atoms with Gasteiger partial charge in [0.05, 0.1) is 31.8 Å². The fraction of sp³-hybridized carbons (Fsp3) is 0.822. The molecule has 0 aromatic carbocycles. The zero-order chi connectivity index (χ0) is 77.7. The highest BCUT2D eigenvalue weighted by Gasteiger charge is 2.46. The van der Waals surface area contributed by atoms with Crippen LogP contribution in [0.15, 0.2) is 24.3 Å². The Bertz CT molecular complexity index is 2800. The average molecular weight is 1510 g/mol. The molecule has 592 valence electrons. The lowest BCUT2D eigenvalue weighted by Gasteiger charge is -2.46. The number of carbonyl (C=O) groups excluding carboxylic acids is 9. The van der Waals surface area contributed by atoms with Crippen molar-refractivity contribution in [2.24, 2.45) is 37.9 Å². The smallest absolute Gasteiger partial charge is 0.407 e. The van der Waals surface area contributed by atoms with Gasteiger partial charge in [-0.1, -0.05) is 82.4 Å². The molecule has 0 aromatic heterocycles. The summed E-state index contributed by atoms with van der Waals surface area (Å²) in [5.74, 6) is -1.50. The summed E-state index contributed by atoms with van der Waals surface area (Å²) in [6.45, 7) is 47.3. The molecule has 30 heteroatoms. The molecule has 7 atom stereocenters.